The Morgan fingerprint density at radius 3 is 2.79 bits per heavy atom. The molecule has 6 rings (SSSR count). The lowest BCUT2D eigenvalue weighted by Gasteiger charge is -2.01. The molecule has 6 aromatic rings. The maximum absolute atomic E-state index is 4.80. The average Bonchev–Trinajstić information content (AvgIpc) is 3.52. The minimum Gasteiger partial charge on any atom is -0.338 e. The summed E-state index contributed by atoms with van der Waals surface area (Å²) >= 11 is 0. The number of fused-ring (bicyclic) bond motifs is 2. The number of aromatic nitrogens is 8. The zero-order valence-corrected chi connectivity index (χ0v) is 15.1. The van der Waals surface area contributed by atoms with Crippen LogP contribution in [-0.2, 0) is 0 Å². The minimum absolute atomic E-state index is 0.750. The monoisotopic (exact) mass is 378 g/mol. The van der Waals surface area contributed by atoms with Gasteiger partial charge in [-0.15, -0.1) is 0 Å². The van der Waals surface area contributed by atoms with Gasteiger partial charge in [0.15, 0.2) is 0 Å². The molecule has 8 heteroatoms. The molecule has 0 amide bonds. The molecular formula is C21H14N8. The molecule has 0 fully saturated rings. The van der Waals surface area contributed by atoms with Crippen molar-refractivity contribution >= 4 is 22.1 Å². The first kappa shape index (κ1) is 15.7. The third-order valence-corrected chi connectivity index (χ3v) is 4.96. The van der Waals surface area contributed by atoms with Crippen molar-refractivity contribution in [2.45, 2.75) is 0 Å². The summed E-state index contributed by atoms with van der Waals surface area (Å²) in [6.07, 6.45) is 8.98. The fraction of sp³-hybridized carbons (Fsp3) is 0. The lowest BCUT2D eigenvalue weighted by Crippen LogP contribution is -1.84. The number of hydrogen-bond donors (Lipinski definition) is 3. The van der Waals surface area contributed by atoms with Crippen LogP contribution in [0.2, 0.25) is 0 Å². The SMILES string of the molecule is c1cncc(-c2ccnc3[nH]c(-c4n[nH]c5ccc(-c6cn[nH]c6)nc45)cc23)c1. The van der Waals surface area contributed by atoms with Gasteiger partial charge in [0, 0.05) is 41.3 Å². The Labute approximate surface area is 164 Å². The number of pyridine rings is 3. The van der Waals surface area contributed by atoms with Crippen LogP contribution in [0.15, 0.2) is 67.4 Å². The van der Waals surface area contributed by atoms with E-state index in [4.69, 9.17) is 4.98 Å². The van der Waals surface area contributed by atoms with Crippen LogP contribution in [-0.4, -0.2) is 40.3 Å². The van der Waals surface area contributed by atoms with Crippen LogP contribution in [0.25, 0.3) is 55.8 Å². The van der Waals surface area contributed by atoms with Crippen LogP contribution in [0, 0.1) is 0 Å². The smallest absolute Gasteiger partial charge is 0.138 e. The zero-order valence-electron chi connectivity index (χ0n) is 15.1. The van der Waals surface area contributed by atoms with Crippen LogP contribution in [0.1, 0.15) is 0 Å². The summed E-state index contributed by atoms with van der Waals surface area (Å²) in [7, 11) is 0. The van der Waals surface area contributed by atoms with Crippen molar-refractivity contribution in [3.05, 3.63) is 67.4 Å². The third kappa shape index (κ3) is 2.50. The second-order valence-electron chi connectivity index (χ2n) is 6.70. The van der Waals surface area contributed by atoms with Crippen molar-refractivity contribution in [3.63, 3.8) is 0 Å². The van der Waals surface area contributed by atoms with Crippen LogP contribution in [0.5, 0.6) is 0 Å². The van der Waals surface area contributed by atoms with E-state index < -0.39 is 0 Å². The zero-order chi connectivity index (χ0) is 19.2. The number of H-pyrrole nitrogens is 3. The summed E-state index contributed by atoms with van der Waals surface area (Å²) in [5.74, 6) is 0. The third-order valence-electron chi connectivity index (χ3n) is 4.96. The Kier molecular flexibility index (Phi) is 3.30. The molecule has 29 heavy (non-hydrogen) atoms. The number of nitrogens with one attached hydrogen (secondary N) is 3. The first-order valence-corrected chi connectivity index (χ1v) is 9.09. The fourth-order valence-corrected chi connectivity index (χ4v) is 3.57. The molecule has 0 atom stereocenters. The summed E-state index contributed by atoms with van der Waals surface area (Å²) in [4.78, 5) is 16.9. The maximum atomic E-state index is 4.80. The number of rotatable bonds is 3. The highest BCUT2D eigenvalue weighted by molar-refractivity contribution is 5.98. The molecule has 0 bridgehead atoms. The first-order valence-electron chi connectivity index (χ1n) is 9.09. The van der Waals surface area contributed by atoms with E-state index in [-0.39, 0.29) is 0 Å². The second-order valence-corrected chi connectivity index (χ2v) is 6.70. The molecule has 0 aliphatic carbocycles. The Bertz CT molecular complexity index is 1440. The number of nitrogens with zero attached hydrogens (tertiary/aromatic N) is 5. The molecule has 8 nitrogen and oxygen atoms in total. The molecule has 0 saturated heterocycles. The Morgan fingerprint density at radius 2 is 1.93 bits per heavy atom. The van der Waals surface area contributed by atoms with Gasteiger partial charge in [-0.1, -0.05) is 6.07 Å². The van der Waals surface area contributed by atoms with E-state index >= 15 is 0 Å². The number of aromatic amines is 3. The molecule has 0 aliphatic heterocycles. The molecule has 0 aromatic carbocycles. The van der Waals surface area contributed by atoms with Gasteiger partial charge in [-0.05, 0) is 35.9 Å². The highest BCUT2D eigenvalue weighted by Gasteiger charge is 2.16. The molecule has 6 aromatic heterocycles. The van der Waals surface area contributed by atoms with Crippen molar-refractivity contribution < 1.29 is 0 Å². The largest absolute Gasteiger partial charge is 0.338 e. The molecule has 3 N–H and O–H groups in total. The molecule has 0 aliphatic rings. The van der Waals surface area contributed by atoms with Crippen LogP contribution in [0.3, 0.4) is 0 Å². The quantitative estimate of drug-likeness (QED) is 0.432. The average molecular weight is 378 g/mol. The summed E-state index contributed by atoms with van der Waals surface area (Å²) < 4.78 is 0. The van der Waals surface area contributed by atoms with Gasteiger partial charge in [0.1, 0.15) is 16.9 Å². The summed E-state index contributed by atoms with van der Waals surface area (Å²) in [6, 6.07) is 11.9. The van der Waals surface area contributed by atoms with Crippen molar-refractivity contribution in [1.82, 2.24) is 40.3 Å². The van der Waals surface area contributed by atoms with Gasteiger partial charge in [0.25, 0.3) is 0 Å². The minimum atomic E-state index is 0.750. The lowest BCUT2D eigenvalue weighted by atomic mass is 10.1. The molecule has 0 spiro atoms. The van der Waals surface area contributed by atoms with Crippen molar-refractivity contribution in [2.75, 3.05) is 0 Å². The molecule has 6 heterocycles. The van der Waals surface area contributed by atoms with E-state index in [0.29, 0.717) is 0 Å². The van der Waals surface area contributed by atoms with E-state index in [1.807, 2.05) is 42.7 Å². The molecule has 0 unspecified atom stereocenters. The summed E-state index contributed by atoms with van der Waals surface area (Å²) in [6.45, 7) is 0. The topological polar surface area (TPSA) is 112 Å². The van der Waals surface area contributed by atoms with E-state index in [1.165, 1.54) is 0 Å². The van der Waals surface area contributed by atoms with Crippen LogP contribution < -0.4 is 0 Å². The highest BCUT2D eigenvalue weighted by Crippen LogP contribution is 2.33. The van der Waals surface area contributed by atoms with E-state index in [2.05, 4.69) is 41.4 Å². The normalized spacial score (nSPS) is 11.4. The van der Waals surface area contributed by atoms with E-state index in [1.54, 1.807) is 18.6 Å². The van der Waals surface area contributed by atoms with Gasteiger partial charge in [0.2, 0.25) is 0 Å². The highest BCUT2D eigenvalue weighted by atomic mass is 15.1. The van der Waals surface area contributed by atoms with Gasteiger partial charge in [0.05, 0.1) is 23.1 Å². The Hall–Kier alpha value is -4.33. The predicted molar refractivity (Wildman–Crippen MR) is 110 cm³/mol. The van der Waals surface area contributed by atoms with Gasteiger partial charge in [-0.3, -0.25) is 15.2 Å². The van der Waals surface area contributed by atoms with Gasteiger partial charge >= 0.3 is 0 Å². The van der Waals surface area contributed by atoms with E-state index in [0.717, 1.165) is 55.8 Å². The Morgan fingerprint density at radius 1 is 0.931 bits per heavy atom. The second kappa shape index (κ2) is 6.10. The Balaban J connectivity index is 1.54. The van der Waals surface area contributed by atoms with Crippen molar-refractivity contribution in [1.29, 1.82) is 0 Å². The maximum Gasteiger partial charge on any atom is 0.138 e. The molecule has 138 valence electrons. The predicted octanol–water partition coefficient (Wildman–Crippen LogP) is 3.95. The standard InChI is InChI=1S/C21H14N8/c1-2-12(9-22-6-1)14-5-7-23-21-15(14)8-18(27-21)20-19-17(28-29-20)4-3-16(26-19)13-10-24-25-11-13/h1-11H,(H,23,27)(H,24,25)(H,28,29). The van der Waals surface area contributed by atoms with Crippen LogP contribution >= 0.6 is 0 Å². The fourth-order valence-electron chi connectivity index (χ4n) is 3.57. The lowest BCUT2D eigenvalue weighted by molar-refractivity contribution is 1.09. The summed E-state index contributed by atoms with van der Waals surface area (Å²) in [5, 5.41) is 15.4. The van der Waals surface area contributed by atoms with Gasteiger partial charge in [-0.2, -0.15) is 10.2 Å². The molecular weight excluding hydrogens is 364 g/mol. The first-order chi connectivity index (χ1) is 14.4. The molecule has 0 radical (unpaired) electrons. The van der Waals surface area contributed by atoms with Gasteiger partial charge in [-0.25, -0.2) is 9.97 Å². The molecule has 0 saturated carbocycles. The van der Waals surface area contributed by atoms with Crippen molar-refractivity contribution in [3.8, 4) is 33.8 Å². The van der Waals surface area contributed by atoms with Gasteiger partial charge < -0.3 is 4.98 Å². The van der Waals surface area contributed by atoms with Crippen LogP contribution in [0.4, 0.5) is 0 Å². The van der Waals surface area contributed by atoms with E-state index in [9.17, 15) is 0 Å². The summed E-state index contributed by atoms with van der Waals surface area (Å²) in [5.41, 5.74) is 7.92. The van der Waals surface area contributed by atoms with Crippen molar-refractivity contribution in [2.24, 2.45) is 0 Å². The number of hydrogen-bond acceptors (Lipinski definition) is 5.